The van der Waals surface area contributed by atoms with Gasteiger partial charge in [-0.3, -0.25) is 14.8 Å². The molecule has 1 saturated carbocycles. The second-order valence-corrected chi connectivity index (χ2v) is 14.5. The van der Waals surface area contributed by atoms with Crippen molar-refractivity contribution in [3.8, 4) is 0 Å². The highest BCUT2D eigenvalue weighted by molar-refractivity contribution is 7.89. The highest BCUT2D eigenvalue weighted by atomic mass is 32.2. The molecule has 47 heavy (non-hydrogen) atoms. The maximum absolute atomic E-state index is 13.9. The summed E-state index contributed by atoms with van der Waals surface area (Å²) in [7, 11) is -3.94. The predicted molar refractivity (Wildman–Crippen MR) is 182 cm³/mol. The first-order chi connectivity index (χ1) is 22.7. The number of benzene rings is 3. The smallest absolute Gasteiger partial charge is 0.319 e. The summed E-state index contributed by atoms with van der Waals surface area (Å²) in [6, 6.07) is 18.8. The third-order valence-electron chi connectivity index (χ3n) is 8.81. The number of fused-ring (bicyclic) bond motifs is 4. The minimum Gasteiger partial charge on any atom is -0.345 e. The van der Waals surface area contributed by atoms with Crippen molar-refractivity contribution in [1.29, 1.82) is 0 Å². The molecule has 10 nitrogen and oxygen atoms in total. The molecule has 5 aromatic rings. The monoisotopic (exact) mass is 648 g/mol. The SMILES string of the molecule is CC(C)CNS(=O)(=O)c1cc2c(c3cnc(C4CC4)cc13)[C@H](NC(=O)c1cccnc1)C[C@H]2NC(=O)Nc1cccc2ccccc12. The van der Waals surface area contributed by atoms with E-state index in [1.807, 2.05) is 62.4 Å². The van der Waals surface area contributed by atoms with Gasteiger partial charge in [0.25, 0.3) is 5.91 Å². The summed E-state index contributed by atoms with van der Waals surface area (Å²) in [5.74, 6) is 0.0920. The van der Waals surface area contributed by atoms with Gasteiger partial charge in [0.15, 0.2) is 0 Å². The van der Waals surface area contributed by atoms with E-state index >= 15 is 0 Å². The first-order valence-electron chi connectivity index (χ1n) is 15.9. The molecule has 1 fully saturated rings. The van der Waals surface area contributed by atoms with Crippen molar-refractivity contribution >= 4 is 49.2 Å². The van der Waals surface area contributed by atoms with Crippen molar-refractivity contribution in [2.75, 3.05) is 11.9 Å². The lowest BCUT2D eigenvalue weighted by Crippen LogP contribution is -2.33. The molecule has 2 aliphatic rings. The molecule has 3 aromatic carbocycles. The molecule has 0 bridgehead atoms. The number of carbonyl (C=O) groups excluding carboxylic acids is 2. The number of nitrogens with one attached hydrogen (secondary N) is 4. The molecule has 0 aliphatic heterocycles. The van der Waals surface area contributed by atoms with E-state index in [4.69, 9.17) is 4.98 Å². The summed E-state index contributed by atoms with van der Waals surface area (Å²) in [6.07, 6.45) is 7.16. The van der Waals surface area contributed by atoms with Crippen LogP contribution in [0.2, 0.25) is 0 Å². The van der Waals surface area contributed by atoms with Gasteiger partial charge >= 0.3 is 6.03 Å². The maximum Gasteiger partial charge on any atom is 0.319 e. The Morgan fingerprint density at radius 3 is 2.47 bits per heavy atom. The van der Waals surface area contributed by atoms with E-state index in [0.717, 1.165) is 34.9 Å². The summed E-state index contributed by atoms with van der Waals surface area (Å²) in [6.45, 7) is 4.17. The van der Waals surface area contributed by atoms with Gasteiger partial charge in [-0.25, -0.2) is 17.9 Å². The largest absolute Gasteiger partial charge is 0.345 e. The zero-order valence-electron chi connectivity index (χ0n) is 26.2. The molecule has 2 aromatic heterocycles. The Morgan fingerprint density at radius 2 is 1.70 bits per heavy atom. The third kappa shape index (κ3) is 6.28. The summed E-state index contributed by atoms with van der Waals surface area (Å²) < 4.78 is 30.5. The average Bonchev–Trinajstić information content (AvgIpc) is 3.87. The zero-order chi connectivity index (χ0) is 32.7. The number of hydrogen-bond acceptors (Lipinski definition) is 6. The van der Waals surface area contributed by atoms with Crippen LogP contribution in [0.15, 0.2) is 90.2 Å². The molecular formula is C36H36N6O4S. The van der Waals surface area contributed by atoms with Crippen LogP contribution < -0.4 is 20.7 Å². The number of nitrogens with zero attached hydrogens (tertiary/aromatic N) is 2. The number of amides is 3. The van der Waals surface area contributed by atoms with Gasteiger partial charge in [0.05, 0.1) is 28.2 Å². The second kappa shape index (κ2) is 12.4. The Labute approximate surface area is 273 Å². The first-order valence-corrected chi connectivity index (χ1v) is 17.4. The minimum absolute atomic E-state index is 0.105. The molecule has 240 valence electrons. The molecule has 0 radical (unpaired) electrons. The number of sulfonamides is 1. The van der Waals surface area contributed by atoms with Crippen molar-refractivity contribution in [1.82, 2.24) is 25.3 Å². The van der Waals surface area contributed by atoms with E-state index in [1.165, 1.54) is 6.20 Å². The molecule has 0 saturated heterocycles. The van der Waals surface area contributed by atoms with Crippen molar-refractivity contribution in [3.63, 3.8) is 0 Å². The molecule has 3 amide bonds. The van der Waals surface area contributed by atoms with Gasteiger partial charge in [0.1, 0.15) is 0 Å². The second-order valence-electron chi connectivity index (χ2n) is 12.7. The Bertz CT molecular complexity index is 2110. The summed E-state index contributed by atoms with van der Waals surface area (Å²) in [4.78, 5) is 35.9. The number of anilines is 1. The fraction of sp³-hybridized carbons (Fsp3) is 0.278. The lowest BCUT2D eigenvalue weighted by molar-refractivity contribution is 0.0935. The summed E-state index contributed by atoms with van der Waals surface area (Å²) in [5.41, 5.74) is 3.26. The van der Waals surface area contributed by atoms with Crippen molar-refractivity contribution < 1.29 is 18.0 Å². The number of carbonyl (C=O) groups is 2. The van der Waals surface area contributed by atoms with Gasteiger partial charge in [-0.05, 0) is 72.0 Å². The van der Waals surface area contributed by atoms with Gasteiger partial charge in [-0.15, -0.1) is 0 Å². The van der Waals surface area contributed by atoms with Crippen LogP contribution in [0.1, 0.15) is 78.3 Å². The van der Waals surface area contributed by atoms with Crippen LogP contribution in [0, 0.1) is 5.92 Å². The Hall–Kier alpha value is -4.87. The first kappa shape index (κ1) is 30.8. The van der Waals surface area contributed by atoms with Crippen LogP contribution in [0.25, 0.3) is 21.5 Å². The Morgan fingerprint density at radius 1 is 0.894 bits per heavy atom. The van der Waals surface area contributed by atoms with Crippen LogP contribution >= 0.6 is 0 Å². The van der Waals surface area contributed by atoms with Crippen LogP contribution in [0.4, 0.5) is 10.5 Å². The molecule has 0 spiro atoms. The van der Waals surface area contributed by atoms with Gasteiger partial charge < -0.3 is 16.0 Å². The molecule has 2 aliphatic carbocycles. The van der Waals surface area contributed by atoms with E-state index in [1.54, 1.807) is 30.6 Å². The molecule has 2 heterocycles. The highest BCUT2D eigenvalue weighted by Gasteiger charge is 2.38. The Balaban J connectivity index is 1.31. The van der Waals surface area contributed by atoms with E-state index < -0.39 is 28.1 Å². The van der Waals surface area contributed by atoms with E-state index in [-0.39, 0.29) is 23.3 Å². The molecule has 0 unspecified atom stereocenters. The van der Waals surface area contributed by atoms with Gasteiger partial charge in [-0.1, -0.05) is 50.2 Å². The standard InChI is InChI=1S/C36H36N6O4S/c1-21(2)18-39-47(45,46)33-16-27-31(42-36(44)41-29-11-5-8-22-7-3-4-10-25(22)29)17-32(40-35(43)24-9-6-14-37-19-24)34(27)28-20-38-30(15-26(28)33)23-12-13-23/h3-11,14-16,19-21,23,31-32,39H,12-13,17-18H2,1-2H3,(H,40,43)(H2,41,42,44)/t31-,32-/m1/s1. The molecular weight excluding hydrogens is 613 g/mol. The summed E-state index contributed by atoms with van der Waals surface area (Å²) >= 11 is 0. The minimum atomic E-state index is -3.94. The molecule has 7 rings (SSSR count). The number of rotatable bonds is 9. The topological polar surface area (TPSA) is 142 Å². The zero-order valence-corrected chi connectivity index (χ0v) is 27.0. The predicted octanol–water partition coefficient (Wildman–Crippen LogP) is 6.33. The maximum atomic E-state index is 13.9. The lowest BCUT2D eigenvalue weighted by atomic mass is 9.98. The Kier molecular flexibility index (Phi) is 8.11. The van der Waals surface area contributed by atoms with Crippen LogP contribution in [-0.2, 0) is 10.0 Å². The number of aromatic nitrogens is 2. The third-order valence-corrected chi connectivity index (χ3v) is 10.3. The average molecular weight is 649 g/mol. The van der Waals surface area contributed by atoms with Crippen molar-refractivity contribution in [2.24, 2.45) is 5.92 Å². The number of pyridine rings is 2. The molecule has 2 atom stereocenters. The molecule has 4 N–H and O–H groups in total. The fourth-order valence-electron chi connectivity index (χ4n) is 6.34. The molecule has 11 heteroatoms. The van der Waals surface area contributed by atoms with Crippen molar-refractivity contribution in [3.05, 3.63) is 108 Å². The van der Waals surface area contributed by atoms with Crippen LogP contribution in [0.3, 0.4) is 0 Å². The highest BCUT2D eigenvalue weighted by Crippen LogP contribution is 2.47. The van der Waals surface area contributed by atoms with Crippen LogP contribution in [0.5, 0.6) is 0 Å². The van der Waals surface area contributed by atoms with E-state index in [0.29, 0.717) is 39.9 Å². The fourth-order valence-corrected chi connectivity index (χ4v) is 7.79. The van der Waals surface area contributed by atoms with Crippen molar-refractivity contribution in [2.45, 2.75) is 56.0 Å². The van der Waals surface area contributed by atoms with Gasteiger partial charge in [0.2, 0.25) is 10.0 Å². The summed E-state index contributed by atoms with van der Waals surface area (Å²) in [5, 5.41) is 12.2. The normalized spacial score (nSPS) is 17.5. The number of urea groups is 1. The van der Waals surface area contributed by atoms with E-state index in [9.17, 15) is 18.0 Å². The van der Waals surface area contributed by atoms with Gasteiger partial charge in [-0.2, -0.15) is 0 Å². The van der Waals surface area contributed by atoms with E-state index in [2.05, 4.69) is 25.7 Å². The van der Waals surface area contributed by atoms with Gasteiger partial charge in [0, 0.05) is 52.9 Å². The quantitative estimate of drug-likeness (QED) is 0.147. The number of hydrogen-bond donors (Lipinski definition) is 4. The lowest BCUT2D eigenvalue weighted by Gasteiger charge is -2.19. The van der Waals surface area contributed by atoms with Crippen LogP contribution in [-0.4, -0.2) is 36.9 Å².